The number of guanidine groups is 1. The first-order valence-electron chi connectivity index (χ1n) is 12.1. The van der Waals surface area contributed by atoms with E-state index in [0.29, 0.717) is 12.7 Å². The van der Waals surface area contributed by atoms with E-state index in [2.05, 4.69) is 20.9 Å². The molecule has 10 N–H and O–H groups in total. The third-order valence-corrected chi connectivity index (χ3v) is 5.45. The minimum absolute atomic E-state index is 0.0341. The summed E-state index contributed by atoms with van der Waals surface area (Å²) in [6.07, 6.45) is 0.433. The van der Waals surface area contributed by atoms with Crippen LogP contribution in [0.4, 0.5) is 0 Å². The van der Waals surface area contributed by atoms with Crippen molar-refractivity contribution in [2.24, 2.45) is 39.9 Å². The maximum atomic E-state index is 13.1. The molecule has 0 aliphatic rings. The molecule has 0 spiro atoms. The van der Waals surface area contributed by atoms with Crippen LogP contribution >= 0.6 is 0 Å². The molecule has 0 saturated heterocycles. The highest BCUT2D eigenvalue weighted by atomic mass is 16.3. The summed E-state index contributed by atoms with van der Waals surface area (Å²) < 4.78 is 0. The molecule has 0 aromatic rings. The lowest BCUT2D eigenvalue weighted by molar-refractivity contribution is -0.134. The van der Waals surface area contributed by atoms with Crippen LogP contribution in [0.2, 0.25) is 0 Å². The fraction of sp³-hybridized carbons (Fsp3) is 0.783. The molecule has 35 heavy (non-hydrogen) atoms. The number of aldehydes is 1. The van der Waals surface area contributed by atoms with E-state index in [9.17, 15) is 24.3 Å². The van der Waals surface area contributed by atoms with Crippen LogP contribution in [0.3, 0.4) is 0 Å². The number of aliphatic hydroxyl groups is 1. The quantitative estimate of drug-likeness (QED) is 0.0587. The first-order valence-corrected chi connectivity index (χ1v) is 12.1. The second-order valence-electron chi connectivity index (χ2n) is 9.88. The lowest BCUT2D eigenvalue weighted by Crippen LogP contribution is -2.58. The molecule has 12 heteroatoms. The van der Waals surface area contributed by atoms with Crippen LogP contribution in [0.15, 0.2) is 4.99 Å². The normalized spacial score (nSPS) is 15.6. The molecule has 0 bridgehead atoms. The molecule has 3 amide bonds. The van der Waals surface area contributed by atoms with Gasteiger partial charge in [-0.2, -0.15) is 0 Å². The molecule has 0 aromatic heterocycles. The maximum Gasteiger partial charge on any atom is 0.243 e. The number of aliphatic imine (C=N–C) groups is 1. The summed E-state index contributed by atoms with van der Waals surface area (Å²) in [5.74, 6) is -2.22. The van der Waals surface area contributed by atoms with Crippen LogP contribution < -0.4 is 33.2 Å². The number of nitrogens with one attached hydrogen (secondary N) is 3. The summed E-state index contributed by atoms with van der Waals surface area (Å²) in [4.78, 5) is 53.9. The van der Waals surface area contributed by atoms with Gasteiger partial charge in [0.1, 0.15) is 24.4 Å². The van der Waals surface area contributed by atoms with Crippen LogP contribution in [0.5, 0.6) is 0 Å². The summed E-state index contributed by atoms with van der Waals surface area (Å²) in [7, 11) is 0. The second kappa shape index (κ2) is 16.0. The molecule has 0 aliphatic carbocycles. The van der Waals surface area contributed by atoms with Crippen LogP contribution in [0, 0.1) is 17.8 Å². The molecular weight excluding hydrogens is 454 g/mol. The highest BCUT2D eigenvalue weighted by Crippen LogP contribution is 2.10. The van der Waals surface area contributed by atoms with Gasteiger partial charge in [0.2, 0.25) is 17.7 Å². The van der Waals surface area contributed by atoms with Crippen molar-refractivity contribution in [1.29, 1.82) is 0 Å². The standard InChI is InChI=1S/C23H45N7O5/c1-12(2)10-16(29-22(35)18(24)19(32)14(5)6)21(34)28-15(8-7-9-27-23(25)26)20(33)30-17(11-31)13(3)4/h11-19,32H,7-10,24H2,1-6H3,(H,28,34)(H,29,35)(H,30,33)(H4,25,26,27)/t15-,16+,17-,18+,19-/m1/s1. The average Bonchev–Trinajstić information content (AvgIpc) is 2.76. The van der Waals surface area contributed by atoms with Gasteiger partial charge in [-0.15, -0.1) is 0 Å². The number of carbonyl (C=O) groups is 4. The summed E-state index contributed by atoms with van der Waals surface area (Å²) in [5, 5.41) is 18.1. The molecule has 0 heterocycles. The Labute approximate surface area is 208 Å². The molecular formula is C23H45N7O5. The van der Waals surface area contributed by atoms with Gasteiger partial charge >= 0.3 is 0 Å². The number of aliphatic hydroxyl groups excluding tert-OH is 1. The van der Waals surface area contributed by atoms with Crippen molar-refractivity contribution in [2.75, 3.05) is 6.54 Å². The Kier molecular flexibility index (Phi) is 14.8. The zero-order chi connectivity index (χ0) is 27.3. The number of hydrogen-bond acceptors (Lipinski definition) is 7. The molecule has 0 aliphatic heterocycles. The molecule has 0 rings (SSSR count). The second-order valence-corrected chi connectivity index (χ2v) is 9.88. The van der Waals surface area contributed by atoms with Gasteiger partial charge < -0.3 is 43.1 Å². The lowest BCUT2D eigenvalue weighted by Gasteiger charge is -2.27. The Morgan fingerprint density at radius 2 is 1.43 bits per heavy atom. The Bertz CT molecular complexity index is 723. The van der Waals surface area contributed by atoms with Gasteiger partial charge in [0, 0.05) is 6.54 Å². The predicted octanol–water partition coefficient (Wildman–Crippen LogP) is -1.26. The Morgan fingerprint density at radius 3 is 1.89 bits per heavy atom. The zero-order valence-electron chi connectivity index (χ0n) is 21.8. The van der Waals surface area contributed by atoms with Crippen LogP contribution in [-0.2, 0) is 19.2 Å². The molecule has 12 nitrogen and oxygen atoms in total. The van der Waals surface area contributed by atoms with E-state index in [0.717, 1.165) is 0 Å². The first-order chi connectivity index (χ1) is 16.2. The van der Waals surface area contributed by atoms with Crippen molar-refractivity contribution in [2.45, 2.75) is 91.1 Å². The van der Waals surface area contributed by atoms with E-state index in [4.69, 9.17) is 17.2 Å². The van der Waals surface area contributed by atoms with Crippen molar-refractivity contribution in [3.05, 3.63) is 0 Å². The largest absolute Gasteiger partial charge is 0.391 e. The SMILES string of the molecule is CC(C)C[C@H](NC(=O)[C@@H](N)[C@H](O)C(C)C)C(=O)N[C@H](CCCN=C(N)N)C(=O)N[C@H](C=O)C(C)C. The van der Waals surface area contributed by atoms with E-state index in [1.807, 2.05) is 13.8 Å². The summed E-state index contributed by atoms with van der Waals surface area (Å²) >= 11 is 0. The highest BCUT2D eigenvalue weighted by molar-refractivity contribution is 5.93. The number of amides is 3. The van der Waals surface area contributed by atoms with Crippen molar-refractivity contribution in [3.8, 4) is 0 Å². The van der Waals surface area contributed by atoms with E-state index in [-0.39, 0.29) is 43.1 Å². The molecule has 0 aromatic carbocycles. The van der Waals surface area contributed by atoms with Gasteiger partial charge in [0.15, 0.2) is 5.96 Å². The van der Waals surface area contributed by atoms with E-state index in [1.54, 1.807) is 27.7 Å². The number of nitrogens with two attached hydrogens (primary N) is 3. The minimum Gasteiger partial charge on any atom is -0.391 e. The summed E-state index contributed by atoms with van der Waals surface area (Å²) in [6, 6.07) is -3.90. The van der Waals surface area contributed by atoms with Gasteiger partial charge in [0.25, 0.3) is 0 Å². The summed E-state index contributed by atoms with van der Waals surface area (Å²) in [5.41, 5.74) is 16.5. The minimum atomic E-state index is -1.21. The zero-order valence-corrected chi connectivity index (χ0v) is 21.8. The number of hydrogen-bond donors (Lipinski definition) is 7. The van der Waals surface area contributed by atoms with Gasteiger partial charge in [-0.3, -0.25) is 19.4 Å². The highest BCUT2D eigenvalue weighted by Gasteiger charge is 2.32. The fourth-order valence-electron chi connectivity index (χ4n) is 3.21. The first kappa shape index (κ1) is 32.3. The molecule has 0 fully saturated rings. The van der Waals surface area contributed by atoms with Crippen LogP contribution in [0.25, 0.3) is 0 Å². The molecule has 0 saturated carbocycles. The smallest absolute Gasteiger partial charge is 0.243 e. The van der Waals surface area contributed by atoms with E-state index in [1.165, 1.54) is 0 Å². The molecule has 0 radical (unpaired) electrons. The maximum absolute atomic E-state index is 13.1. The third-order valence-electron chi connectivity index (χ3n) is 5.45. The molecule has 0 unspecified atom stereocenters. The number of nitrogens with zero attached hydrogens (tertiary/aromatic N) is 1. The van der Waals surface area contributed by atoms with Crippen LogP contribution in [0.1, 0.15) is 60.8 Å². The van der Waals surface area contributed by atoms with Gasteiger partial charge in [-0.1, -0.05) is 41.5 Å². The van der Waals surface area contributed by atoms with Crippen LogP contribution in [-0.4, -0.2) is 71.9 Å². The van der Waals surface area contributed by atoms with E-state index < -0.39 is 48.0 Å². The van der Waals surface area contributed by atoms with Crippen molar-refractivity contribution < 1.29 is 24.3 Å². The fourth-order valence-corrected chi connectivity index (χ4v) is 3.21. The summed E-state index contributed by atoms with van der Waals surface area (Å²) in [6.45, 7) is 11.0. The van der Waals surface area contributed by atoms with Crippen molar-refractivity contribution >= 4 is 30.0 Å². The van der Waals surface area contributed by atoms with Crippen molar-refractivity contribution in [3.63, 3.8) is 0 Å². The number of rotatable bonds is 16. The Morgan fingerprint density at radius 1 is 0.886 bits per heavy atom. The van der Waals surface area contributed by atoms with Gasteiger partial charge in [-0.05, 0) is 37.0 Å². The molecule has 202 valence electrons. The van der Waals surface area contributed by atoms with Gasteiger partial charge in [0.05, 0.1) is 12.1 Å². The Balaban J connectivity index is 5.61. The number of carbonyl (C=O) groups excluding carboxylic acids is 4. The van der Waals surface area contributed by atoms with Gasteiger partial charge in [-0.25, -0.2) is 0 Å². The lowest BCUT2D eigenvalue weighted by atomic mass is 9.98. The average molecular weight is 500 g/mol. The predicted molar refractivity (Wildman–Crippen MR) is 135 cm³/mol. The van der Waals surface area contributed by atoms with E-state index >= 15 is 0 Å². The molecule has 5 atom stereocenters. The monoisotopic (exact) mass is 499 g/mol. The Hall–Kier alpha value is -2.73. The third kappa shape index (κ3) is 12.5. The topological polar surface area (TPSA) is 215 Å². The van der Waals surface area contributed by atoms with Crippen molar-refractivity contribution in [1.82, 2.24) is 16.0 Å².